The van der Waals surface area contributed by atoms with E-state index < -0.39 is 0 Å². The molecule has 0 spiro atoms. The number of hydrogen-bond donors (Lipinski definition) is 2. The Morgan fingerprint density at radius 1 is 0.941 bits per heavy atom. The lowest BCUT2D eigenvalue weighted by Crippen LogP contribution is -2.55. The Morgan fingerprint density at radius 3 is 1.47 bits per heavy atom. The quantitative estimate of drug-likeness (QED) is 0.577. The molecule has 0 aromatic carbocycles. The first-order valence-corrected chi connectivity index (χ1v) is 7.29. The maximum absolute atomic E-state index is 6.02. The fourth-order valence-corrected chi connectivity index (χ4v) is 3.18. The number of hydrogen-bond acceptors (Lipinski definition) is 5. The third-order valence-electron chi connectivity index (χ3n) is 4.27. The van der Waals surface area contributed by atoms with Gasteiger partial charge in [0.2, 0.25) is 0 Å². The first-order chi connectivity index (χ1) is 8.08. The van der Waals surface area contributed by atoms with Gasteiger partial charge in [0.15, 0.2) is 0 Å². The van der Waals surface area contributed by atoms with E-state index in [-0.39, 0.29) is 21.7 Å². The molecule has 0 radical (unpaired) electrons. The molecule has 0 amide bonds. The van der Waals surface area contributed by atoms with E-state index in [1.165, 1.54) is 0 Å². The molecule has 2 atom stereocenters. The van der Waals surface area contributed by atoms with Crippen LogP contribution in [0.4, 0.5) is 0 Å². The van der Waals surface area contributed by atoms with Gasteiger partial charge in [-0.25, -0.2) is 0 Å². The summed E-state index contributed by atoms with van der Waals surface area (Å²) in [6, 6.07) is 0. The molecule has 2 unspecified atom stereocenters. The van der Waals surface area contributed by atoms with Crippen molar-refractivity contribution >= 4 is 25.3 Å². The molecule has 2 rings (SSSR count). The van der Waals surface area contributed by atoms with Gasteiger partial charge in [-0.3, -0.25) is 0 Å². The summed E-state index contributed by atoms with van der Waals surface area (Å²) in [6.07, 6.45) is 2.05. The Bertz CT molecular complexity index is 227. The molecule has 2 fully saturated rings. The second-order valence-corrected chi connectivity index (χ2v) is 6.20. The zero-order valence-electron chi connectivity index (χ0n) is 10.5. The van der Waals surface area contributed by atoms with E-state index in [4.69, 9.17) is 14.2 Å². The minimum absolute atomic E-state index is 0.0730. The van der Waals surface area contributed by atoms with Crippen LogP contribution in [-0.2, 0) is 14.2 Å². The SMILES string of the molecule is CCC1(C(S)OC(S)C2(CC)COC2)COC1. The predicted octanol–water partition coefficient (Wildman–Crippen LogP) is 2.37. The Balaban J connectivity index is 1.91. The maximum atomic E-state index is 6.02. The molecule has 17 heavy (non-hydrogen) atoms. The molecule has 0 saturated carbocycles. The van der Waals surface area contributed by atoms with Crippen LogP contribution in [0.5, 0.6) is 0 Å². The van der Waals surface area contributed by atoms with E-state index >= 15 is 0 Å². The predicted molar refractivity (Wildman–Crippen MR) is 73.7 cm³/mol. The van der Waals surface area contributed by atoms with Crippen molar-refractivity contribution in [2.24, 2.45) is 10.8 Å². The number of thiol groups is 2. The average molecular weight is 278 g/mol. The topological polar surface area (TPSA) is 27.7 Å². The van der Waals surface area contributed by atoms with Crippen molar-refractivity contribution in [1.29, 1.82) is 0 Å². The fourth-order valence-electron chi connectivity index (χ4n) is 2.18. The summed E-state index contributed by atoms with van der Waals surface area (Å²) in [4.78, 5) is 0. The van der Waals surface area contributed by atoms with Crippen molar-refractivity contribution in [3.63, 3.8) is 0 Å². The summed E-state index contributed by atoms with van der Waals surface area (Å²) in [5.41, 5.74) is -0.0617. The van der Waals surface area contributed by atoms with Gasteiger partial charge in [-0.05, 0) is 12.8 Å². The highest BCUT2D eigenvalue weighted by molar-refractivity contribution is 7.81. The van der Waals surface area contributed by atoms with E-state index in [1.807, 2.05) is 0 Å². The zero-order chi connectivity index (χ0) is 12.5. The second kappa shape index (κ2) is 5.29. The van der Waals surface area contributed by atoms with Gasteiger partial charge < -0.3 is 14.2 Å². The molecule has 0 aromatic rings. The van der Waals surface area contributed by atoms with Crippen LogP contribution in [0.15, 0.2) is 0 Å². The van der Waals surface area contributed by atoms with Gasteiger partial charge in [0.25, 0.3) is 0 Å². The van der Waals surface area contributed by atoms with Gasteiger partial charge in [-0.15, -0.1) is 25.3 Å². The van der Waals surface area contributed by atoms with Crippen LogP contribution in [0.25, 0.3) is 0 Å². The lowest BCUT2D eigenvalue weighted by molar-refractivity contribution is -0.205. The van der Waals surface area contributed by atoms with Gasteiger partial charge in [0.05, 0.1) is 37.3 Å². The molecule has 2 heterocycles. The van der Waals surface area contributed by atoms with E-state index in [9.17, 15) is 0 Å². The van der Waals surface area contributed by atoms with Crippen molar-refractivity contribution in [2.45, 2.75) is 37.6 Å². The average Bonchev–Trinajstić information content (AvgIpc) is 2.15. The van der Waals surface area contributed by atoms with Crippen molar-refractivity contribution in [3.8, 4) is 0 Å². The lowest BCUT2D eigenvalue weighted by Gasteiger charge is -2.49. The van der Waals surface area contributed by atoms with Crippen LogP contribution < -0.4 is 0 Å². The molecule has 2 aliphatic heterocycles. The van der Waals surface area contributed by atoms with Crippen molar-refractivity contribution in [3.05, 3.63) is 0 Å². The summed E-state index contributed by atoms with van der Waals surface area (Å²) in [5, 5.41) is 0. The molecule has 2 aliphatic rings. The van der Waals surface area contributed by atoms with Gasteiger partial charge in [0.1, 0.15) is 10.9 Å². The lowest BCUT2D eigenvalue weighted by atomic mass is 9.82. The normalized spacial score (nSPS) is 28.9. The van der Waals surface area contributed by atoms with Gasteiger partial charge in [0, 0.05) is 0 Å². The zero-order valence-corrected chi connectivity index (χ0v) is 12.3. The van der Waals surface area contributed by atoms with Crippen LogP contribution in [0.2, 0.25) is 0 Å². The standard InChI is InChI=1S/C12H22O3S2/c1-3-11(5-13-6-11)9(16)15-10(17)12(4-2)7-14-8-12/h9-10,16-17H,3-8H2,1-2H3. The summed E-state index contributed by atoms with van der Waals surface area (Å²) >= 11 is 9.21. The molecule has 0 aromatic heterocycles. The van der Waals surface area contributed by atoms with Gasteiger partial charge >= 0.3 is 0 Å². The van der Waals surface area contributed by atoms with Crippen molar-refractivity contribution < 1.29 is 14.2 Å². The highest BCUT2D eigenvalue weighted by Crippen LogP contribution is 2.44. The summed E-state index contributed by atoms with van der Waals surface area (Å²) in [6.45, 7) is 7.29. The monoisotopic (exact) mass is 278 g/mol. The van der Waals surface area contributed by atoms with Gasteiger partial charge in [-0.1, -0.05) is 13.8 Å². The second-order valence-electron chi connectivity index (χ2n) is 5.26. The van der Waals surface area contributed by atoms with Crippen LogP contribution in [0.3, 0.4) is 0 Å². The molecule has 100 valence electrons. The maximum Gasteiger partial charge on any atom is 0.112 e. The minimum atomic E-state index is -0.104. The minimum Gasteiger partial charge on any atom is -0.380 e. The van der Waals surface area contributed by atoms with Crippen LogP contribution in [0.1, 0.15) is 26.7 Å². The Hall–Kier alpha value is 0.580. The molecule has 2 saturated heterocycles. The summed E-state index contributed by atoms with van der Waals surface area (Å²) in [7, 11) is 0. The highest BCUT2D eigenvalue weighted by atomic mass is 32.1. The van der Waals surface area contributed by atoms with Crippen LogP contribution in [-0.4, -0.2) is 37.3 Å². The van der Waals surface area contributed by atoms with E-state index in [2.05, 4.69) is 39.1 Å². The van der Waals surface area contributed by atoms with Crippen LogP contribution >= 0.6 is 25.3 Å². The van der Waals surface area contributed by atoms with E-state index in [0.717, 1.165) is 39.3 Å². The third kappa shape index (κ3) is 2.37. The first-order valence-electron chi connectivity index (χ1n) is 6.26. The number of rotatable bonds is 6. The molecular formula is C12H22O3S2. The fraction of sp³-hybridized carbons (Fsp3) is 1.00. The molecule has 3 nitrogen and oxygen atoms in total. The Kier molecular flexibility index (Phi) is 4.36. The summed E-state index contributed by atoms with van der Waals surface area (Å²) in [5.74, 6) is 0. The summed E-state index contributed by atoms with van der Waals surface area (Å²) < 4.78 is 16.6. The Morgan fingerprint density at radius 2 is 1.29 bits per heavy atom. The van der Waals surface area contributed by atoms with E-state index in [1.54, 1.807) is 0 Å². The smallest absolute Gasteiger partial charge is 0.112 e. The Labute approximate surface area is 114 Å². The highest BCUT2D eigenvalue weighted by Gasteiger charge is 2.48. The molecule has 0 bridgehead atoms. The molecule has 0 aliphatic carbocycles. The number of ether oxygens (including phenoxy) is 3. The van der Waals surface area contributed by atoms with Crippen molar-refractivity contribution in [1.82, 2.24) is 0 Å². The molecular weight excluding hydrogens is 256 g/mol. The molecule has 0 N–H and O–H groups in total. The van der Waals surface area contributed by atoms with Crippen LogP contribution in [0, 0.1) is 10.8 Å². The molecule has 5 heteroatoms. The van der Waals surface area contributed by atoms with Gasteiger partial charge in [-0.2, -0.15) is 0 Å². The third-order valence-corrected chi connectivity index (χ3v) is 5.61. The van der Waals surface area contributed by atoms with E-state index in [0.29, 0.717) is 0 Å². The largest absolute Gasteiger partial charge is 0.380 e. The first kappa shape index (κ1) is 14.0. The van der Waals surface area contributed by atoms with Crippen molar-refractivity contribution in [2.75, 3.05) is 26.4 Å².